The summed E-state index contributed by atoms with van der Waals surface area (Å²) in [6.07, 6.45) is 2.15. The van der Waals surface area contributed by atoms with Crippen LogP contribution in [0.4, 0.5) is 11.4 Å². The molecule has 0 aromatic heterocycles. The molecule has 1 aliphatic rings. The van der Waals surface area contributed by atoms with Gasteiger partial charge in [0.2, 0.25) is 0 Å². The van der Waals surface area contributed by atoms with Crippen LogP contribution in [-0.2, 0) is 6.42 Å². The quantitative estimate of drug-likeness (QED) is 0.641. The van der Waals surface area contributed by atoms with Crippen molar-refractivity contribution in [2.24, 2.45) is 0 Å². The smallest absolute Gasteiger partial charge is 0.200 e. The van der Waals surface area contributed by atoms with E-state index in [1.165, 1.54) is 11.1 Å². The molecule has 1 aliphatic heterocycles. The lowest BCUT2D eigenvalue weighted by Gasteiger charge is -2.21. The molecule has 114 valence electrons. The molecule has 2 N–H and O–H groups in total. The highest BCUT2D eigenvalue weighted by molar-refractivity contribution is 6.04. The minimum absolute atomic E-state index is 0.446. The van der Waals surface area contributed by atoms with Crippen molar-refractivity contribution in [2.75, 3.05) is 16.8 Å². The first-order valence-corrected chi connectivity index (χ1v) is 8.00. The Morgan fingerprint density at radius 3 is 2.64 bits per heavy atom. The molecule has 1 atom stereocenters. The van der Waals surface area contributed by atoms with Crippen molar-refractivity contribution < 1.29 is 0 Å². The average Bonchev–Trinajstić information content (AvgIpc) is 2.99. The SMILES string of the molecule is CCC(C)c1ccc(NC(=N)N2CCc3ccccc32)cc1. The van der Waals surface area contributed by atoms with Crippen molar-refractivity contribution in [1.29, 1.82) is 5.41 Å². The minimum Gasteiger partial charge on any atom is -0.326 e. The van der Waals surface area contributed by atoms with Gasteiger partial charge in [-0.25, -0.2) is 0 Å². The van der Waals surface area contributed by atoms with E-state index in [0.29, 0.717) is 11.9 Å². The summed E-state index contributed by atoms with van der Waals surface area (Å²) in [5, 5.41) is 11.6. The number of benzene rings is 2. The molecule has 0 saturated carbocycles. The van der Waals surface area contributed by atoms with Gasteiger partial charge in [0.25, 0.3) is 0 Å². The second kappa shape index (κ2) is 6.22. The van der Waals surface area contributed by atoms with Crippen LogP contribution in [0.1, 0.15) is 37.3 Å². The van der Waals surface area contributed by atoms with E-state index in [4.69, 9.17) is 5.41 Å². The normalized spacial score (nSPS) is 14.5. The summed E-state index contributed by atoms with van der Waals surface area (Å²) in [6, 6.07) is 16.8. The van der Waals surface area contributed by atoms with Gasteiger partial charge in [-0.2, -0.15) is 0 Å². The van der Waals surface area contributed by atoms with Crippen LogP contribution in [0.2, 0.25) is 0 Å². The number of hydrogen-bond donors (Lipinski definition) is 2. The van der Waals surface area contributed by atoms with Gasteiger partial charge in [-0.05, 0) is 48.1 Å². The zero-order chi connectivity index (χ0) is 15.5. The molecule has 0 bridgehead atoms. The molecule has 22 heavy (non-hydrogen) atoms. The van der Waals surface area contributed by atoms with Crippen LogP contribution >= 0.6 is 0 Å². The van der Waals surface area contributed by atoms with Crippen molar-refractivity contribution in [3.05, 3.63) is 59.7 Å². The number of rotatable bonds is 3. The largest absolute Gasteiger partial charge is 0.326 e. The molecule has 0 aliphatic carbocycles. The molecule has 0 spiro atoms. The maximum Gasteiger partial charge on any atom is 0.200 e. The van der Waals surface area contributed by atoms with Crippen LogP contribution in [0.5, 0.6) is 0 Å². The van der Waals surface area contributed by atoms with Crippen LogP contribution < -0.4 is 10.2 Å². The van der Waals surface area contributed by atoms with Crippen LogP contribution in [0.15, 0.2) is 48.5 Å². The number of nitrogens with zero attached hydrogens (tertiary/aromatic N) is 1. The molecule has 1 heterocycles. The van der Waals surface area contributed by atoms with E-state index < -0.39 is 0 Å². The minimum atomic E-state index is 0.446. The maximum absolute atomic E-state index is 8.34. The molecule has 2 aromatic rings. The second-order valence-electron chi connectivity index (χ2n) is 5.94. The van der Waals surface area contributed by atoms with Crippen molar-refractivity contribution in [3.63, 3.8) is 0 Å². The molecule has 0 saturated heterocycles. The number of para-hydroxylation sites is 1. The van der Waals surface area contributed by atoms with Crippen molar-refractivity contribution in [2.45, 2.75) is 32.6 Å². The van der Waals surface area contributed by atoms with Gasteiger partial charge >= 0.3 is 0 Å². The van der Waals surface area contributed by atoms with Gasteiger partial charge in [-0.3, -0.25) is 5.41 Å². The predicted octanol–water partition coefficient (Wildman–Crippen LogP) is 4.61. The Labute approximate surface area is 132 Å². The highest BCUT2D eigenvalue weighted by Gasteiger charge is 2.21. The fourth-order valence-corrected chi connectivity index (χ4v) is 2.91. The third-order valence-electron chi connectivity index (χ3n) is 4.51. The molecule has 2 aromatic carbocycles. The molecular formula is C19H23N3. The summed E-state index contributed by atoms with van der Waals surface area (Å²) in [5.74, 6) is 1.03. The third kappa shape index (κ3) is 2.84. The lowest BCUT2D eigenvalue weighted by atomic mass is 9.99. The van der Waals surface area contributed by atoms with E-state index in [0.717, 1.165) is 30.8 Å². The van der Waals surface area contributed by atoms with Gasteiger partial charge in [-0.15, -0.1) is 0 Å². The third-order valence-corrected chi connectivity index (χ3v) is 4.51. The lowest BCUT2D eigenvalue weighted by molar-refractivity contribution is 0.734. The van der Waals surface area contributed by atoms with Crippen molar-refractivity contribution in [1.82, 2.24) is 0 Å². The summed E-state index contributed by atoms with van der Waals surface area (Å²) in [7, 11) is 0. The summed E-state index contributed by atoms with van der Waals surface area (Å²) < 4.78 is 0. The van der Waals surface area contributed by atoms with Crippen molar-refractivity contribution in [3.8, 4) is 0 Å². The highest BCUT2D eigenvalue weighted by Crippen LogP contribution is 2.28. The van der Waals surface area contributed by atoms with Crippen LogP contribution in [-0.4, -0.2) is 12.5 Å². The van der Waals surface area contributed by atoms with E-state index in [2.05, 4.69) is 61.6 Å². The standard InChI is InChI=1S/C19H23N3/c1-3-14(2)15-8-10-17(11-9-15)21-19(20)22-13-12-16-6-4-5-7-18(16)22/h4-11,14H,3,12-13H2,1-2H3,(H2,20,21). The number of anilines is 2. The highest BCUT2D eigenvalue weighted by atomic mass is 15.3. The molecule has 3 heteroatoms. The molecule has 0 amide bonds. The Bertz CT molecular complexity index is 661. The predicted molar refractivity (Wildman–Crippen MR) is 94.0 cm³/mol. The average molecular weight is 293 g/mol. The van der Waals surface area contributed by atoms with Crippen LogP contribution in [0, 0.1) is 5.41 Å². The first-order chi connectivity index (χ1) is 10.7. The Morgan fingerprint density at radius 1 is 1.18 bits per heavy atom. The van der Waals surface area contributed by atoms with E-state index >= 15 is 0 Å². The number of hydrogen-bond acceptors (Lipinski definition) is 1. The van der Waals surface area contributed by atoms with Gasteiger partial charge in [0.1, 0.15) is 0 Å². The zero-order valence-corrected chi connectivity index (χ0v) is 13.3. The van der Waals surface area contributed by atoms with Crippen LogP contribution in [0.3, 0.4) is 0 Å². The molecule has 3 nitrogen and oxygen atoms in total. The Kier molecular flexibility index (Phi) is 4.14. The van der Waals surface area contributed by atoms with E-state index in [9.17, 15) is 0 Å². The Morgan fingerprint density at radius 2 is 1.91 bits per heavy atom. The molecular weight excluding hydrogens is 270 g/mol. The first kappa shape index (κ1) is 14.6. The van der Waals surface area contributed by atoms with Gasteiger partial charge in [0, 0.05) is 17.9 Å². The van der Waals surface area contributed by atoms with Crippen LogP contribution in [0.25, 0.3) is 0 Å². The summed E-state index contributed by atoms with van der Waals surface area (Å²) in [5.41, 5.74) is 4.80. The van der Waals surface area contributed by atoms with Gasteiger partial charge < -0.3 is 10.2 Å². The lowest BCUT2D eigenvalue weighted by Crippen LogP contribution is -2.34. The van der Waals surface area contributed by atoms with Gasteiger partial charge in [-0.1, -0.05) is 44.2 Å². The summed E-state index contributed by atoms with van der Waals surface area (Å²) >= 11 is 0. The van der Waals surface area contributed by atoms with Crippen molar-refractivity contribution >= 4 is 17.3 Å². The number of guanidine groups is 1. The van der Waals surface area contributed by atoms with Gasteiger partial charge in [0.05, 0.1) is 0 Å². The van der Waals surface area contributed by atoms with E-state index in [-0.39, 0.29) is 0 Å². The topological polar surface area (TPSA) is 39.1 Å². The molecule has 1 unspecified atom stereocenters. The monoisotopic (exact) mass is 293 g/mol. The zero-order valence-electron chi connectivity index (χ0n) is 13.3. The molecule has 0 fully saturated rings. The van der Waals surface area contributed by atoms with E-state index in [1.807, 2.05) is 11.0 Å². The summed E-state index contributed by atoms with van der Waals surface area (Å²) in [4.78, 5) is 2.04. The first-order valence-electron chi connectivity index (χ1n) is 8.00. The summed E-state index contributed by atoms with van der Waals surface area (Å²) in [6.45, 7) is 5.32. The fraction of sp³-hybridized carbons (Fsp3) is 0.316. The second-order valence-corrected chi connectivity index (χ2v) is 5.94. The number of nitrogens with one attached hydrogen (secondary N) is 2. The molecule has 0 radical (unpaired) electrons. The Balaban J connectivity index is 1.70. The number of fused-ring (bicyclic) bond motifs is 1. The van der Waals surface area contributed by atoms with Gasteiger partial charge in [0.15, 0.2) is 5.96 Å². The Hall–Kier alpha value is -2.29. The maximum atomic E-state index is 8.34. The van der Waals surface area contributed by atoms with E-state index in [1.54, 1.807) is 0 Å². The fourth-order valence-electron chi connectivity index (χ4n) is 2.91. The molecule has 3 rings (SSSR count).